The van der Waals surface area contributed by atoms with Crippen molar-refractivity contribution in [2.45, 2.75) is 17.7 Å². The molecule has 0 saturated carbocycles. The van der Waals surface area contributed by atoms with Gasteiger partial charge >= 0.3 is 5.97 Å². The van der Waals surface area contributed by atoms with Gasteiger partial charge < -0.3 is 4.74 Å². The molecule has 0 spiro atoms. The number of carbonyl (C=O) groups is 1. The minimum absolute atomic E-state index is 0.0394. The van der Waals surface area contributed by atoms with Crippen LogP contribution in [-0.2, 0) is 10.0 Å². The van der Waals surface area contributed by atoms with Crippen LogP contribution in [0.2, 0.25) is 0 Å². The van der Waals surface area contributed by atoms with Gasteiger partial charge in [-0.15, -0.1) is 0 Å². The van der Waals surface area contributed by atoms with Crippen molar-refractivity contribution < 1.29 is 22.9 Å². The molecule has 0 atom stereocenters. The molecule has 9 heteroatoms. The third-order valence-corrected chi connectivity index (χ3v) is 5.93. The second-order valence-electron chi connectivity index (χ2n) is 5.78. The number of rotatable bonds is 5. The standard InChI is InChI=1S/C17H16N2O6S/c20-17(25-15-8-6-14(7-9-15)19(21)22)13-4-3-5-16(12-13)26(23,24)18-10-1-2-11-18/h3-9,12H,1-2,10-11H2. The zero-order chi connectivity index (χ0) is 18.7. The Hall–Kier alpha value is -2.78. The molecular weight excluding hydrogens is 360 g/mol. The van der Waals surface area contributed by atoms with Crippen molar-refractivity contribution in [3.05, 3.63) is 64.2 Å². The molecule has 8 nitrogen and oxygen atoms in total. The number of esters is 1. The van der Waals surface area contributed by atoms with Crippen LogP contribution < -0.4 is 4.74 Å². The van der Waals surface area contributed by atoms with E-state index in [1.54, 1.807) is 0 Å². The number of carbonyl (C=O) groups excluding carboxylic acids is 1. The molecule has 2 aromatic rings. The van der Waals surface area contributed by atoms with Crippen molar-refractivity contribution in [1.29, 1.82) is 0 Å². The molecule has 0 bridgehead atoms. The lowest BCUT2D eigenvalue weighted by Crippen LogP contribution is -2.28. The fraction of sp³-hybridized carbons (Fsp3) is 0.235. The number of ether oxygens (including phenoxy) is 1. The van der Waals surface area contributed by atoms with E-state index in [1.807, 2.05) is 0 Å². The van der Waals surface area contributed by atoms with Crippen molar-refractivity contribution in [3.8, 4) is 5.75 Å². The van der Waals surface area contributed by atoms with Crippen molar-refractivity contribution >= 4 is 21.7 Å². The van der Waals surface area contributed by atoms with E-state index in [-0.39, 0.29) is 21.9 Å². The molecule has 0 aliphatic carbocycles. The van der Waals surface area contributed by atoms with Gasteiger partial charge in [0.1, 0.15) is 5.75 Å². The summed E-state index contributed by atoms with van der Waals surface area (Å²) in [5.74, 6) is -0.606. The maximum absolute atomic E-state index is 12.6. The van der Waals surface area contributed by atoms with Crippen LogP contribution in [0.25, 0.3) is 0 Å². The largest absolute Gasteiger partial charge is 0.423 e. The van der Waals surface area contributed by atoms with Gasteiger partial charge in [0.05, 0.1) is 15.4 Å². The van der Waals surface area contributed by atoms with Crippen molar-refractivity contribution in [2.24, 2.45) is 0 Å². The van der Waals surface area contributed by atoms with Crippen LogP contribution in [0.4, 0.5) is 5.69 Å². The van der Waals surface area contributed by atoms with Gasteiger partial charge in [0.25, 0.3) is 5.69 Å². The molecule has 136 valence electrons. The molecule has 3 rings (SSSR count). The highest BCUT2D eigenvalue weighted by atomic mass is 32.2. The summed E-state index contributed by atoms with van der Waals surface area (Å²) in [6.45, 7) is 0.944. The SMILES string of the molecule is O=C(Oc1ccc([N+](=O)[O-])cc1)c1cccc(S(=O)(=O)N2CCCC2)c1. The van der Waals surface area contributed by atoms with Crippen LogP contribution in [0.15, 0.2) is 53.4 Å². The predicted octanol–water partition coefficient (Wildman–Crippen LogP) is 2.60. The number of hydrogen-bond donors (Lipinski definition) is 0. The molecule has 26 heavy (non-hydrogen) atoms. The number of nitrogens with zero attached hydrogens (tertiary/aromatic N) is 2. The van der Waals surface area contributed by atoms with Gasteiger partial charge in [-0.05, 0) is 43.2 Å². The molecule has 1 saturated heterocycles. The lowest BCUT2D eigenvalue weighted by Gasteiger charge is -2.15. The van der Waals surface area contributed by atoms with Crippen molar-refractivity contribution in [1.82, 2.24) is 4.31 Å². The van der Waals surface area contributed by atoms with Gasteiger partial charge in [0, 0.05) is 25.2 Å². The van der Waals surface area contributed by atoms with E-state index in [0.29, 0.717) is 13.1 Å². The first-order valence-corrected chi connectivity index (χ1v) is 9.39. The number of non-ortho nitro benzene ring substituents is 1. The van der Waals surface area contributed by atoms with Gasteiger partial charge in [-0.1, -0.05) is 6.07 Å². The monoisotopic (exact) mass is 376 g/mol. The maximum Gasteiger partial charge on any atom is 0.343 e. The number of nitro benzene ring substituents is 1. The highest BCUT2D eigenvalue weighted by Crippen LogP contribution is 2.23. The Balaban J connectivity index is 1.79. The zero-order valence-electron chi connectivity index (χ0n) is 13.7. The van der Waals surface area contributed by atoms with Gasteiger partial charge in [-0.2, -0.15) is 4.31 Å². The molecule has 0 amide bonds. The molecule has 0 N–H and O–H groups in total. The van der Waals surface area contributed by atoms with Gasteiger partial charge in [0.2, 0.25) is 10.0 Å². The fourth-order valence-corrected chi connectivity index (χ4v) is 4.23. The Morgan fingerprint density at radius 3 is 2.35 bits per heavy atom. The highest BCUT2D eigenvalue weighted by molar-refractivity contribution is 7.89. The third kappa shape index (κ3) is 3.73. The van der Waals surface area contributed by atoms with Crippen molar-refractivity contribution in [3.63, 3.8) is 0 Å². The molecule has 0 radical (unpaired) electrons. The van der Waals surface area contributed by atoms with E-state index in [0.717, 1.165) is 12.8 Å². The van der Waals surface area contributed by atoms with E-state index in [4.69, 9.17) is 4.74 Å². The Kier molecular flexibility index (Phi) is 5.01. The van der Waals surface area contributed by atoms with Gasteiger partial charge in [-0.3, -0.25) is 10.1 Å². The van der Waals surface area contributed by atoms with Crippen LogP contribution in [0, 0.1) is 10.1 Å². The maximum atomic E-state index is 12.6. The summed E-state index contributed by atoms with van der Waals surface area (Å²) in [4.78, 5) is 22.4. The van der Waals surface area contributed by atoms with E-state index in [9.17, 15) is 23.3 Å². The Bertz CT molecular complexity index is 934. The summed E-state index contributed by atoms with van der Waals surface area (Å²) in [7, 11) is -3.63. The minimum Gasteiger partial charge on any atom is -0.423 e. The Morgan fingerprint density at radius 1 is 1.08 bits per heavy atom. The third-order valence-electron chi connectivity index (χ3n) is 4.03. The van der Waals surface area contributed by atoms with E-state index in [1.165, 1.54) is 52.8 Å². The molecule has 1 aliphatic rings. The predicted molar refractivity (Wildman–Crippen MR) is 92.5 cm³/mol. The molecular formula is C17H16N2O6S. The van der Waals surface area contributed by atoms with E-state index in [2.05, 4.69) is 0 Å². The zero-order valence-corrected chi connectivity index (χ0v) is 14.5. The lowest BCUT2D eigenvalue weighted by molar-refractivity contribution is -0.384. The smallest absolute Gasteiger partial charge is 0.343 e. The topological polar surface area (TPSA) is 107 Å². The van der Waals surface area contributed by atoms with Crippen LogP contribution in [0.3, 0.4) is 0 Å². The Morgan fingerprint density at radius 2 is 1.73 bits per heavy atom. The fourth-order valence-electron chi connectivity index (χ4n) is 2.66. The molecule has 0 aromatic heterocycles. The number of nitro groups is 1. The number of hydrogen-bond acceptors (Lipinski definition) is 6. The van der Waals surface area contributed by atoms with E-state index < -0.39 is 20.9 Å². The second-order valence-corrected chi connectivity index (χ2v) is 7.72. The number of benzene rings is 2. The van der Waals surface area contributed by atoms with Crippen LogP contribution >= 0.6 is 0 Å². The normalized spacial score (nSPS) is 14.9. The summed E-state index contributed by atoms with van der Waals surface area (Å²) in [5, 5.41) is 10.6. The molecule has 2 aromatic carbocycles. The van der Waals surface area contributed by atoms with Gasteiger partial charge in [-0.25, -0.2) is 13.2 Å². The summed E-state index contributed by atoms with van der Waals surface area (Å²) < 4.78 is 31.7. The molecule has 1 heterocycles. The second kappa shape index (κ2) is 7.22. The average Bonchev–Trinajstić information content (AvgIpc) is 3.18. The summed E-state index contributed by atoms with van der Waals surface area (Å²) in [6, 6.07) is 10.7. The molecule has 1 aliphatic heterocycles. The first-order valence-electron chi connectivity index (χ1n) is 7.95. The van der Waals surface area contributed by atoms with Crippen LogP contribution in [0.5, 0.6) is 5.75 Å². The van der Waals surface area contributed by atoms with Crippen molar-refractivity contribution in [2.75, 3.05) is 13.1 Å². The summed E-state index contributed by atoms with van der Waals surface area (Å²) in [5.41, 5.74) is -0.0351. The van der Waals surface area contributed by atoms with Gasteiger partial charge in [0.15, 0.2) is 0 Å². The minimum atomic E-state index is -3.63. The quantitative estimate of drug-likeness (QED) is 0.344. The first-order chi connectivity index (χ1) is 12.4. The molecule has 1 fully saturated rings. The summed E-state index contributed by atoms with van der Waals surface area (Å²) >= 11 is 0. The summed E-state index contributed by atoms with van der Waals surface area (Å²) in [6.07, 6.45) is 1.64. The average molecular weight is 376 g/mol. The Labute approximate surface area is 150 Å². The van der Waals surface area contributed by atoms with Crippen LogP contribution in [0.1, 0.15) is 23.2 Å². The lowest BCUT2D eigenvalue weighted by atomic mass is 10.2. The highest BCUT2D eigenvalue weighted by Gasteiger charge is 2.27. The first kappa shape index (κ1) is 18.0. The van der Waals surface area contributed by atoms with E-state index >= 15 is 0 Å². The number of sulfonamides is 1. The van der Waals surface area contributed by atoms with Crippen LogP contribution in [-0.4, -0.2) is 36.7 Å². The molecule has 0 unspecified atom stereocenters.